The Labute approximate surface area is 146 Å². The average Bonchev–Trinajstić information content (AvgIpc) is 3.29. The summed E-state index contributed by atoms with van der Waals surface area (Å²) in [5.41, 5.74) is 2.09. The van der Waals surface area contributed by atoms with Crippen LogP contribution >= 0.6 is 0 Å². The van der Waals surface area contributed by atoms with Crippen molar-refractivity contribution >= 4 is 11.6 Å². The number of hydrogen-bond donors (Lipinski definition) is 0. The van der Waals surface area contributed by atoms with Crippen molar-refractivity contribution in [3.8, 4) is 11.5 Å². The Morgan fingerprint density at radius 2 is 2.04 bits per heavy atom. The van der Waals surface area contributed by atoms with Gasteiger partial charge in [-0.3, -0.25) is 0 Å². The highest BCUT2D eigenvalue weighted by Crippen LogP contribution is 2.41. The van der Waals surface area contributed by atoms with Crippen LogP contribution in [0.3, 0.4) is 0 Å². The zero-order chi connectivity index (χ0) is 17.4. The number of methoxy groups -OCH3 is 2. The van der Waals surface area contributed by atoms with Crippen LogP contribution in [-0.4, -0.2) is 40.3 Å². The highest BCUT2D eigenvalue weighted by molar-refractivity contribution is 5.53. The van der Waals surface area contributed by atoms with E-state index >= 15 is 0 Å². The molecule has 0 radical (unpaired) electrons. The lowest BCUT2D eigenvalue weighted by molar-refractivity contribution is 0.388. The summed E-state index contributed by atoms with van der Waals surface area (Å²) in [6.45, 7) is 2.94. The van der Waals surface area contributed by atoms with E-state index in [9.17, 15) is 0 Å². The van der Waals surface area contributed by atoms with Crippen molar-refractivity contribution < 1.29 is 9.47 Å². The van der Waals surface area contributed by atoms with Gasteiger partial charge in [-0.1, -0.05) is 0 Å². The van der Waals surface area contributed by atoms with Gasteiger partial charge in [-0.25, -0.2) is 4.98 Å². The molecule has 1 atom stereocenters. The fraction of sp³-hybridized carbons (Fsp3) is 0.389. The molecule has 0 aliphatic carbocycles. The van der Waals surface area contributed by atoms with Crippen LogP contribution in [0.1, 0.15) is 30.1 Å². The molecule has 1 aliphatic rings. The summed E-state index contributed by atoms with van der Waals surface area (Å²) < 4.78 is 12.8. The molecule has 1 fully saturated rings. The first kappa shape index (κ1) is 15.7. The number of benzene rings is 1. The van der Waals surface area contributed by atoms with E-state index in [1.54, 1.807) is 25.1 Å². The minimum atomic E-state index is 0.218. The van der Waals surface area contributed by atoms with E-state index in [0.29, 0.717) is 5.78 Å². The molecule has 3 aromatic rings. The summed E-state index contributed by atoms with van der Waals surface area (Å²) >= 11 is 0. The van der Waals surface area contributed by atoms with Crippen molar-refractivity contribution in [2.24, 2.45) is 0 Å². The van der Waals surface area contributed by atoms with Gasteiger partial charge in [-0.2, -0.15) is 14.6 Å². The Bertz CT molecular complexity index is 908. The smallest absolute Gasteiger partial charge is 0.254 e. The van der Waals surface area contributed by atoms with Crippen LogP contribution in [0, 0.1) is 6.92 Å². The first-order chi connectivity index (χ1) is 12.2. The Morgan fingerprint density at radius 3 is 2.84 bits per heavy atom. The van der Waals surface area contributed by atoms with Gasteiger partial charge in [-0.05, 0) is 31.9 Å². The normalized spacial score (nSPS) is 17.2. The molecule has 0 amide bonds. The minimum absolute atomic E-state index is 0.218. The van der Waals surface area contributed by atoms with Crippen molar-refractivity contribution in [1.82, 2.24) is 19.6 Å². The van der Waals surface area contributed by atoms with Crippen LogP contribution in [0.4, 0.5) is 5.82 Å². The van der Waals surface area contributed by atoms with Crippen LogP contribution in [0.5, 0.6) is 11.5 Å². The summed E-state index contributed by atoms with van der Waals surface area (Å²) in [7, 11) is 3.36. The van der Waals surface area contributed by atoms with Crippen LogP contribution < -0.4 is 14.4 Å². The fourth-order valence-corrected chi connectivity index (χ4v) is 3.57. The monoisotopic (exact) mass is 339 g/mol. The quantitative estimate of drug-likeness (QED) is 0.728. The second kappa shape index (κ2) is 6.23. The van der Waals surface area contributed by atoms with E-state index < -0.39 is 0 Å². The van der Waals surface area contributed by atoms with Crippen LogP contribution in [-0.2, 0) is 0 Å². The molecule has 3 heterocycles. The van der Waals surface area contributed by atoms with Crippen molar-refractivity contribution in [2.45, 2.75) is 25.8 Å². The number of aromatic nitrogens is 4. The Balaban J connectivity index is 1.79. The molecular formula is C18H21N5O2. The summed E-state index contributed by atoms with van der Waals surface area (Å²) in [6, 6.07) is 8.30. The summed E-state index contributed by atoms with van der Waals surface area (Å²) in [5.74, 6) is 3.28. The maximum atomic E-state index is 5.63. The molecule has 130 valence electrons. The average molecular weight is 339 g/mol. The lowest BCUT2D eigenvalue weighted by Gasteiger charge is -2.28. The maximum Gasteiger partial charge on any atom is 0.254 e. The minimum Gasteiger partial charge on any atom is -0.497 e. The molecule has 0 saturated carbocycles. The lowest BCUT2D eigenvalue weighted by atomic mass is 10.0. The second-order valence-electron chi connectivity index (χ2n) is 6.19. The van der Waals surface area contributed by atoms with E-state index in [-0.39, 0.29) is 6.04 Å². The van der Waals surface area contributed by atoms with Gasteiger partial charge in [-0.15, -0.1) is 0 Å². The van der Waals surface area contributed by atoms with Gasteiger partial charge < -0.3 is 14.4 Å². The molecule has 25 heavy (non-hydrogen) atoms. The highest BCUT2D eigenvalue weighted by Gasteiger charge is 2.30. The molecule has 0 N–H and O–H groups in total. The number of ether oxygens (including phenoxy) is 2. The lowest BCUT2D eigenvalue weighted by Crippen LogP contribution is -2.25. The highest BCUT2D eigenvalue weighted by atomic mass is 16.5. The third kappa shape index (κ3) is 2.65. The molecule has 2 aromatic heterocycles. The number of fused-ring (bicyclic) bond motifs is 1. The first-order valence-electron chi connectivity index (χ1n) is 8.37. The molecule has 1 aliphatic heterocycles. The maximum absolute atomic E-state index is 5.63. The Hall–Kier alpha value is -2.83. The predicted molar refractivity (Wildman–Crippen MR) is 94.4 cm³/mol. The Kier molecular flexibility index (Phi) is 3.91. The molecular weight excluding hydrogens is 318 g/mol. The largest absolute Gasteiger partial charge is 0.497 e. The van der Waals surface area contributed by atoms with Crippen molar-refractivity contribution in [1.29, 1.82) is 0 Å². The van der Waals surface area contributed by atoms with Gasteiger partial charge in [0.25, 0.3) is 5.78 Å². The Morgan fingerprint density at radius 1 is 1.16 bits per heavy atom. The third-order valence-corrected chi connectivity index (χ3v) is 4.71. The van der Waals surface area contributed by atoms with Crippen LogP contribution in [0.2, 0.25) is 0 Å². The van der Waals surface area contributed by atoms with Gasteiger partial charge >= 0.3 is 0 Å². The van der Waals surface area contributed by atoms with Crippen LogP contribution in [0.25, 0.3) is 5.78 Å². The third-order valence-electron chi connectivity index (χ3n) is 4.71. The number of nitrogens with zero attached hydrogens (tertiary/aromatic N) is 5. The van der Waals surface area contributed by atoms with Crippen molar-refractivity contribution in [2.75, 3.05) is 25.7 Å². The van der Waals surface area contributed by atoms with E-state index in [0.717, 1.165) is 48.0 Å². The second-order valence-corrected chi connectivity index (χ2v) is 6.19. The van der Waals surface area contributed by atoms with Gasteiger partial charge in [0.15, 0.2) is 0 Å². The SMILES string of the molecule is COc1ccc(C2CCCN2c2cc(C)nc3ncnn23)c(OC)c1. The van der Waals surface area contributed by atoms with Crippen molar-refractivity contribution in [3.05, 3.63) is 41.9 Å². The van der Waals surface area contributed by atoms with Crippen molar-refractivity contribution in [3.63, 3.8) is 0 Å². The van der Waals surface area contributed by atoms with E-state index in [1.165, 1.54) is 0 Å². The molecule has 7 nitrogen and oxygen atoms in total. The number of rotatable bonds is 4. The number of aryl methyl sites for hydroxylation is 1. The molecule has 7 heteroatoms. The van der Waals surface area contributed by atoms with E-state index in [1.807, 2.05) is 19.1 Å². The zero-order valence-corrected chi connectivity index (χ0v) is 14.6. The van der Waals surface area contributed by atoms with Gasteiger partial charge in [0.2, 0.25) is 0 Å². The standard InChI is InChI=1S/C18H21N5O2/c1-12-9-17(23-18(21-12)19-11-20-23)22-8-4-5-15(22)14-7-6-13(24-2)10-16(14)25-3/h6-7,9-11,15H,4-5,8H2,1-3H3. The molecule has 4 rings (SSSR count). The predicted octanol–water partition coefficient (Wildman–Crippen LogP) is 2.79. The molecule has 1 unspecified atom stereocenters. The van der Waals surface area contributed by atoms with Gasteiger partial charge in [0.05, 0.1) is 20.3 Å². The summed E-state index contributed by atoms with van der Waals surface area (Å²) in [6.07, 6.45) is 3.71. The number of hydrogen-bond acceptors (Lipinski definition) is 6. The van der Waals surface area contributed by atoms with E-state index in [4.69, 9.17) is 9.47 Å². The first-order valence-corrected chi connectivity index (χ1v) is 8.37. The molecule has 0 spiro atoms. The van der Waals surface area contributed by atoms with Crippen LogP contribution in [0.15, 0.2) is 30.6 Å². The zero-order valence-electron chi connectivity index (χ0n) is 14.6. The molecule has 1 saturated heterocycles. The molecule has 1 aromatic carbocycles. The summed E-state index contributed by atoms with van der Waals surface area (Å²) in [4.78, 5) is 11.0. The summed E-state index contributed by atoms with van der Waals surface area (Å²) in [5, 5.41) is 4.35. The fourth-order valence-electron chi connectivity index (χ4n) is 3.57. The number of anilines is 1. The van der Waals surface area contributed by atoms with Gasteiger partial charge in [0.1, 0.15) is 23.6 Å². The topological polar surface area (TPSA) is 64.8 Å². The van der Waals surface area contributed by atoms with Gasteiger partial charge in [0, 0.05) is 29.9 Å². The molecule has 0 bridgehead atoms. The van der Waals surface area contributed by atoms with E-state index in [2.05, 4.69) is 32.1 Å².